The number of methoxy groups -OCH3 is 1. The van der Waals surface area contributed by atoms with Crippen molar-refractivity contribution in [3.05, 3.63) is 53.6 Å². The number of benzene rings is 2. The number of aryl methyl sites for hydroxylation is 1. The molecule has 1 aliphatic carbocycles. The van der Waals surface area contributed by atoms with Crippen LogP contribution in [0.25, 0.3) is 0 Å². The van der Waals surface area contributed by atoms with Gasteiger partial charge in [-0.25, -0.2) is 0 Å². The molecule has 0 aromatic heterocycles. The summed E-state index contributed by atoms with van der Waals surface area (Å²) in [4.78, 5) is 6.22. The monoisotopic (exact) mass is 281 g/mol. The van der Waals surface area contributed by atoms with Gasteiger partial charge in [0.15, 0.2) is 0 Å². The van der Waals surface area contributed by atoms with Gasteiger partial charge in [-0.3, -0.25) is 4.99 Å². The fourth-order valence-electron chi connectivity index (χ4n) is 2.93. The normalized spacial score (nSPS) is 19.4. The van der Waals surface area contributed by atoms with Gasteiger partial charge in [-0.15, -0.1) is 11.8 Å². The summed E-state index contributed by atoms with van der Waals surface area (Å²) in [6, 6.07) is 14.8. The van der Waals surface area contributed by atoms with E-state index < -0.39 is 0 Å². The quantitative estimate of drug-likeness (QED) is 0.780. The first kappa shape index (κ1) is 12.0. The first-order chi connectivity index (χ1) is 9.85. The number of hydrogen-bond acceptors (Lipinski definition) is 3. The van der Waals surface area contributed by atoms with Crippen LogP contribution in [0.5, 0.6) is 5.75 Å². The summed E-state index contributed by atoms with van der Waals surface area (Å²) in [6.45, 7) is 0. The second kappa shape index (κ2) is 4.67. The predicted molar refractivity (Wildman–Crippen MR) is 83.6 cm³/mol. The highest BCUT2D eigenvalue weighted by molar-refractivity contribution is 8.01. The second-order valence-electron chi connectivity index (χ2n) is 5.13. The largest absolute Gasteiger partial charge is 0.497 e. The second-order valence-corrected chi connectivity index (χ2v) is 6.38. The molecule has 1 heterocycles. The molecule has 3 heteroatoms. The van der Waals surface area contributed by atoms with Crippen LogP contribution in [-0.2, 0) is 6.42 Å². The smallest absolute Gasteiger partial charge is 0.119 e. The minimum Gasteiger partial charge on any atom is -0.497 e. The van der Waals surface area contributed by atoms with Crippen LogP contribution in [0.2, 0.25) is 0 Å². The molecule has 2 nitrogen and oxygen atoms in total. The Hall–Kier alpha value is -1.74. The highest BCUT2D eigenvalue weighted by atomic mass is 32.2. The van der Waals surface area contributed by atoms with Gasteiger partial charge in [-0.2, -0.15) is 0 Å². The Bertz CT molecular complexity index is 708. The summed E-state index contributed by atoms with van der Waals surface area (Å²) in [7, 11) is 1.72. The van der Waals surface area contributed by atoms with Crippen molar-refractivity contribution < 1.29 is 4.74 Å². The summed E-state index contributed by atoms with van der Waals surface area (Å²) in [5, 5.41) is 0.491. The molecule has 4 rings (SSSR count). The molecular formula is C17H15NOS. The van der Waals surface area contributed by atoms with Gasteiger partial charge in [0.25, 0.3) is 0 Å². The van der Waals surface area contributed by atoms with E-state index in [1.807, 2.05) is 17.8 Å². The Morgan fingerprint density at radius 3 is 3.00 bits per heavy atom. The van der Waals surface area contributed by atoms with Crippen molar-refractivity contribution in [2.24, 2.45) is 4.99 Å². The molecule has 2 aliphatic rings. The first-order valence-corrected chi connectivity index (χ1v) is 7.74. The molecule has 0 saturated heterocycles. The molecule has 1 aliphatic heterocycles. The fraction of sp³-hybridized carbons (Fsp3) is 0.235. The number of para-hydroxylation sites is 1. The summed E-state index contributed by atoms with van der Waals surface area (Å²) >= 11 is 1.95. The molecule has 0 N–H and O–H groups in total. The first-order valence-electron chi connectivity index (χ1n) is 6.87. The lowest BCUT2D eigenvalue weighted by atomic mass is 9.89. The Morgan fingerprint density at radius 1 is 1.20 bits per heavy atom. The number of aliphatic imine (C=N–C) groups is 1. The molecular weight excluding hydrogens is 266 g/mol. The standard InChI is InChI=1S/C17H15NOS/c1-19-12-7-8-13-11(10-12)6-9-16-17(13)18-14-4-2-3-5-15(14)20-16/h2-5,7-8,10,16H,6,9H2,1H3/t16-/m1/s1. The van der Waals surface area contributed by atoms with Crippen molar-refractivity contribution in [1.82, 2.24) is 0 Å². The summed E-state index contributed by atoms with van der Waals surface area (Å²) in [6.07, 6.45) is 2.25. The van der Waals surface area contributed by atoms with E-state index in [1.54, 1.807) is 7.11 Å². The number of rotatable bonds is 1. The predicted octanol–water partition coefficient (Wildman–Crippen LogP) is 4.24. The van der Waals surface area contributed by atoms with Gasteiger partial charge in [0.1, 0.15) is 5.75 Å². The highest BCUT2D eigenvalue weighted by Crippen LogP contribution is 2.43. The average molecular weight is 281 g/mol. The van der Waals surface area contributed by atoms with E-state index >= 15 is 0 Å². The van der Waals surface area contributed by atoms with Crippen LogP contribution in [-0.4, -0.2) is 18.1 Å². The van der Waals surface area contributed by atoms with Gasteiger partial charge < -0.3 is 4.74 Å². The summed E-state index contributed by atoms with van der Waals surface area (Å²) in [5.74, 6) is 0.937. The van der Waals surface area contributed by atoms with E-state index in [-0.39, 0.29) is 0 Å². The van der Waals surface area contributed by atoms with Crippen molar-refractivity contribution in [2.75, 3.05) is 7.11 Å². The molecule has 100 valence electrons. The van der Waals surface area contributed by atoms with E-state index in [2.05, 4.69) is 36.4 Å². The lowest BCUT2D eigenvalue weighted by Crippen LogP contribution is -2.27. The molecule has 0 fully saturated rings. The van der Waals surface area contributed by atoms with Crippen LogP contribution in [0.15, 0.2) is 52.4 Å². The third kappa shape index (κ3) is 1.85. The average Bonchev–Trinajstić information content (AvgIpc) is 2.52. The van der Waals surface area contributed by atoms with Crippen molar-refractivity contribution >= 4 is 23.2 Å². The highest BCUT2D eigenvalue weighted by Gasteiger charge is 2.30. The Balaban J connectivity index is 1.85. The molecule has 2 aromatic carbocycles. The molecule has 0 unspecified atom stereocenters. The maximum Gasteiger partial charge on any atom is 0.119 e. The fourth-order valence-corrected chi connectivity index (χ4v) is 4.15. The van der Waals surface area contributed by atoms with Crippen molar-refractivity contribution in [2.45, 2.75) is 23.0 Å². The van der Waals surface area contributed by atoms with E-state index in [9.17, 15) is 0 Å². The summed E-state index contributed by atoms with van der Waals surface area (Å²) < 4.78 is 5.33. The minimum absolute atomic E-state index is 0.491. The number of nitrogens with zero attached hydrogens (tertiary/aromatic N) is 1. The molecule has 0 amide bonds. The van der Waals surface area contributed by atoms with E-state index in [4.69, 9.17) is 9.73 Å². The summed E-state index contributed by atoms with van der Waals surface area (Å²) in [5.41, 5.74) is 4.99. The topological polar surface area (TPSA) is 21.6 Å². The van der Waals surface area contributed by atoms with E-state index in [1.165, 1.54) is 21.7 Å². The van der Waals surface area contributed by atoms with Crippen molar-refractivity contribution in [3.8, 4) is 5.75 Å². The minimum atomic E-state index is 0.491. The van der Waals surface area contributed by atoms with Crippen LogP contribution >= 0.6 is 11.8 Å². The SMILES string of the molecule is COc1ccc2c(c1)CC[C@H]1Sc3ccccc3N=C21. The van der Waals surface area contributed by atoms with Gasteiger partial charge in [-0.05, 0) is 48.7 Å². The molecule has 0 spiro atoms. The zero-order valence-corrected chi connectivity index (χ0v) is 12.1. The van der Waals surface area contributed by atoms with Gasteiger partial charge in [0.2, 0.25) is 0 Å². The van der Waals surface area contributed by atoms with Crippen LogP contribution in [0, 0.1) is 0 Å². The molecule has 0 radical (unpaired) electrons. The van der Waals surface area contributed by atoms with E-state index in [0.717, 1.165) is 24.3 Å². The third-order valence-corrected chi connectivity index (χ3v) is 5.29. The van der Waals surface area contributed by atoms with Crippen molar-refractivity contribution in [3.63, 3.8) is 0 Å². The lowest BCUT2D eigenvalue weighted by molar-refractivity contribution is 0.414. The third-order valence-electron chi connectivity index (χ3n) is 3.94. The number of thioether (sulfide) groups is 1. The molecule has 20 heavy (non-hydrogen) atoms. The Kier molecular flexibility index (Phi) is 2.81. The molecule has 2 aromatic rings. The van der Waals surface area contributed by atoms with Crippen LogP contribution in [0.3, 0.4) is 0 Å². The zero-order valence-electron chi connectivity index (χ0n) is 11.3. The zero-order chi connectivity index (χ0) is 13.5. The maximum absolute atomic E-state index is 5.33. The van der Waals surface area contributed by atoms with Crippen LogP contribution in [0.4, 0.5) is 5.69 Å². The molecule has 0 saturated carbocycles. The molecule has 1 atom stereocenters. The van der Waals surface area contributed by atoms with Crippen LogP contribution < -0.4 is 4.74 Å². The number of fused-ring (bicyclic) bond motifs is 4. The van der Waals surface area contributed by atoms with Crippen LogP contribution in [0.1, 0.15) is 17.5 Å². The van der Waals surface area contributed by atoms with Gasteiger partial charge in [0, 0.05) is 10.5 Å². The molecule has 0 bridgehead atoms. The van der Waals surface area contributed by atoms with Gasteiger partial charge in [0.05, 0.1) is 23.8 Å². The van der Waals surface area contributed by atoms with Crippen molar-refractivity contribution in [1.29, 1.82) is 0 Å². The number of hydrogen-bond donors (Lipinski definition) is 0. The Labute approximate surface area is 122 Å². The van der Waals surface area contributed by atoms with Gasteiger partial charge >= 0.3 is 0 Å². The Morgan fingerprint density at radius 2 is 2.10 bits per heavy atom. The van der Waals surface area contributed by atoms with E-state index in [0.29, 0.717) is 5.25 Å². The maximum atomic E-state index is 5.33. The lowest BCUT2D eigenvalue weighted by Gasteiger charge is -2.30. The van der Waals surface area contributed by atoms with Gasteiger partial charge in [-0.1, -0.05) is 12.1 Å². The number of ether oxygens (including phenoxy) is 1.